The molecule has 1 heterocycles. The van der Waals surface area contributed by atoms with Crippen molar-refractivity contribution in [3.63, 3.8) is 0 Å². The van der Waals surface area contributed by atoms with Crippen LogP contribution in [0.2, 0.25) is 0 Å². The lowest BCUT2D eigenvalue weighted by Crippen LogP contribution is -2.22. The van der Waals surface area contributed by atoms with Crippen LogP contribution in [0.1, 0.15) is 39.5 Å². The van der Waals surface area contributed by atoms with E-state index < -0.39 is 0 Å². The average Bonchev–Trinajstić information content (AvgIpc) is 2.61. The smallest absolute Gasteiger partial charge is 0.265 e. The maximum atomic E-state index is 11.6. The van der Waals surface area contributed by atoms with Crippen molar-refractivity contribution < 1.29 is 4.79 Å². The molecule has 1 aliphatic heterocycles. The fourth-order valence-electron chi connectivity index (χ4n) is 1.54. The van der Waals surface area contributed by atoms with Crippen LogP contribution in [0.5, 0.6) is 0 Å². The van der Waals surface area contributed by atoms with Gasteiger partial charge in [-0.1, -0.05) is 50.7 Å². The van der Waals surface area contributed by atoms with Gasteiger partial charge in [-0.05, 0) is 12.8 Å². The molecule has 0 aromatic carbocycles. The first-order chi connectivity index (χ1) is 8.17. The number of unbranched alkanes of at least 4 members (excludes halogenated alkanes) is 2. The Labute approximate surface area is 113 Å². The highest BCUT2D eigenvalue weighted by molar-refractivity contribution is 8.26. The molecule has 0 aromatic rings. The molecule has 1 rings (SSSR count). The van der Waals surface area contributed by atoms with Crippen LogP contribution in [0.25, 0.3) is 0 Å². The summed E-state index contributed by atoms with van der Waals surface area (Å²) in [6.45, 7) is 6.38. The predicted molar refractivity (Wildman–Crippen MR) is 77.8 cm³/mol. The van der Waals surface area contributed by atoms with Crippen LogP contribution < -0.4 is 5.32 Å². The number of thiocarbonyl (C=S) groups is 1. The molecule has 17 heavy (non-hydrogen) atoms. The summed E-state index contributed by atoms with van der Waals surface area (Å²) in [4.78, 5) is 14.5. The van der Waals surface area contributed by atoms with Gasteiger partial charge >= 0.3 is 0 Å². The highest BCUT2D eigenvalue weighted by Crippen LogP contribution is 2.24. The Balaban J connectivity index is 2.59. The normalized spacial score (nSPS) is 17.6. The van der Waals surface area contributed by atoms with Crippen molar-refractivity contribution in [2.24, 2.45) is 0 Å². The largest absolute Gasteiger partial charge is 0.376 e. The van der Waals surface area contributed by atoms with Gasteiger partial charge in [-0.15, -0.1) is 0 Å². The van der Waals surface area contributed by atoms with Crippen molar-refractivity contribution in [3.05, 3.63) is 11.1 Å². The second kappa shape index (κ2) is 7.71. The van der Waals surface area contributed by atoms with Crippen molar-refractivity contribution in [2.45, 2.75) is 39.5 Å². The zero-order valence-electron chi connectivity index (χ0n) is 10.5. The quantitative estimate of drug-likeness (QED) is 0.570. The van der Waals surface area contributed by atoms with E-state index in [9.17, 15) is 4.79 Å². The van der Waals surface area contributed by atoms with Crippen molar-refractivity contribution in [1.29, 1.82) is 0 Å². The Hall–Kier alpha value is -0.550. The summed E-state index contributed by atoms with van der Waals surface area (Å²) in [6.07, 6.45) is 6.62. The Morgan fingerprint density at radius 3 is 2.29 bits per heavy atom. The van der Waals surface area contributed by atoms with Gasteiger partial charge in [0.05, 0.1) is 4.91 Å². The monoisotopic (exact) mass is 272 g/mol. The van der Waals surface area contributed by atoms with E-state index in [-0.39, 0.29) is 5.91 Å². The number of hydrogen-bond acceptors (Lipinski definition) is 4. The van der Waals surface area contributed by atoms with Crippen LogP contribution in [0.4, 0.5) is 0 Å². The third-order valence-electron chi connectivity index (χ3n) is 2.54. The molecule has 1 saturated heterocycles. The molecule has 0 saturated carbocycles. The second-order valence-electron chi connectivity index (χ2n) is 4.08. The van der Waals surface area contributed by atoms with E-state index in [0.717, 1.165) is 30.8 Å². The lowest BCUT2D eigenvalue weighted by atomic mass is 10.3. The van der Waals surface area contributed by atoms with E-state index >= 15 is 0 Å². The van der Waals surface area contributed by atoms with Crippen molar-refractivity contribution in [2.75, 3.05) is 13.1 Å². The molecule has 1 aliphatic rings. The van der Waals surface area contributed by atoms with Gasteiger partial charge in [0.2, 0.25) is 0 Å². The van der Waals surface area contributed by atoms with Gasteiger partial charge < -0.3 is 10.2 Å². The van der Waals surface area contributed by atoms with Gasteiger partial charge in [-0.25, -0.2) is 0 Å². The first kappa shape index (κ1) is 14.5. The minimum absolute atomic E-state index is 0.0574. The van der Waals surface area contributed by atoms with Crippen molar-refractivity contribution in [3.8, 4) is 0 Å². The number of amides is 1. The summed E-state index contributed by atoms with van der Waals surface area (Å²) < 4.78 is 0.562. The fraction of sp³-hybridized carbons (Fsp3) is 0.667. The van der Waals surface area contributed by atoms with Crippen LogP contribution in [0.3, 0.4) is 0 Å². The molecule has 0 bridgehead atoms. The van der Waals surface area contributed by atoms with Gasteiger partial charge in [0.25, 0.3) is 5.91 Å². The van der Waals surface area contributed by atoms with Crippen molar-refractivity contribution in [1.82, 2.24) is 10.2 Å². The molecule has 0 atom stereocenters. The Bertz CT molecular complexity index is 308. The molecular formula is C12H20N2OS2. The van der Waals surface area contributed by atoms with Crippen LogP contribution in [-0.4, -0.2) is 28.2 Å². The number of nitrogens with one attached hydrogen (secondary N) is 1. The van der Waals surface area contributed by atoms with Gasteiger partial charge in [-0.3, -0.25) is 4.79 Å². The maximum Gasteiger partial charge on any atom is 0.265 e. The topological polar surface area (TPSA) is 32.3 Å². The minimum atomic E-state index is -0.0574. The summed E-state index contributed by atoms with van der Waals surface area (Å²) in [6, 6.07) is 0. The lowest BCUT2D eigenvalue weighted by molar-refractivity contribution is -0.115. The lowest BCUT2D eigenvalue weighted by Gasteiger charge is -2.20. The number of thioether (sulfide) groups is 1. The summed E-state index contributed by atoms with van der Waals surface area (Å²) in [5, 5.41) is 2.64. The first-order valence-corrected chi connectivity index (χ1v) is 7.38. The van der Waals surface area contributed by atoms with Gasteiger partial charge in [-0.2, -0.15) is 0 Å². The molecule has 1 fully saturated rings. The fourth-order valence-corrected chi connectivity index (χ4v) is 2.59. The minimum Gasteiger partial charge on any atom is -0.376 e. The molecule has 0 aromatic heterocycles. The third-order valence-corrected chi connectivity index (χ3v) is 3.69. The van der Waals surface area contributed by atoms with Crippen LogP contribution in [0.15, 0.2) is 11.1 Å². The molecule has 0 aliphatic carbocycles. The van der Waals surface area contributed by atoms with Gasteiger partial charge in [0.15, 0.2) is 0 Å². The third kappa shape index (κ3) is 5.08. The Morgan fingerprint density at radius 1 is 1.29 bits per heavy atom. The molecule has 3 nitrogen and oxygen atoms in total. The highest BCUT2D eigenvalue weighted by Gasteiger charge is 2.22. The molecule has 1 N–H and O–H groups in total. The summed E-state index contributed by atoms with van der Waals surface area (Å²) in [5.41, 5.74) is 0. The van der Waals surface area contributed by atoms with Gasteiger partial charge in [0.1, 0.15) is 4.32 Å². The van der Waals surface area contributed by atoms with Crippen LogP contribution in [0, 0.1) is 0 Å². The zero-order chi connectivity index (χ0) is 12.7. The molecule has 0 radical (unpaired) electrons. The number of rotatable bonds is 7. The van der Waals surface area contributed by atoms with E-state index in [4.69, 9.17) is 12.2 Å². The van der Waals surface area contributed by atoms with E-state index in [1.807, 2.05) is 6.20 Å². The van der Waals surface area contributed by atoms with Crippen LogP contribution >= 0.6 is 24.0 Å². The average molecular weight is 272 g/mol. The number of carbonyl (C=O) groups is 1. The summed E-state index contributed by atoms with van der Waals surface area (Å²) in [7, 11) is 0. The molecule has 0 unspecified atom stereocenters. The molecule has 5 heteroatoms. The number of nitrogens with zero attached hydrogens (tertiary/aromatic N) is 1. The maximum absolute atomic E-state index is 11.6. The van der Waals surface area contributed by atoms with Gasteiger partial charge in [0, 0.05) is 19.3 Å². The Kier molecular flexibility index (Phi) is 6.58. The molecule has 1 amide bonds. The molecular weight excluding hydrogens is 252 g/mol. The van der Waals surface area contributed by atoms with E-state index in [1.54, 1.807) is 0 Å². The van der Waals surface area contributed by atoms with E-state index in [1.165, 1.54) is 24.6 Å². The zero-order valence-corrected chi connectivity index (χ0v) is 12.1. The SMILES string of the molecule is CCCCN(C=C1SC(=S)NC1=O)CCCC. The van der Waals surface area contributed by atoms with E-state index in [0.29, 0.717) is 4.32 Å². The number of hydrogen-bond donors (Lipinski definition) is 1. The Morgan fingerprint density at radius 2 is 1.88 bits per heavy atom. The standard InChI is InChI=1S/C12H20N2OS2/c1-3-5-7-14(8-6-4-2)9-10-11(15)13-12(16)17-10/h9H,3-8H2,1-2H3,(H,13,15,16). The first-order valence-electron chi connectivity index (χ1n) is 6.16. The molecule has 0 spiro atoms. The predicted octanol–water partition coefficient (Wildman–Crippen LogP) is 2.88. The second-order valence-corrected chi connectivity index (χ2v) is 5.80. The summed E-state index contributed by atoms with van der Waals surface area (Å²) in [5.74, 6) is -0.0574. The van der Waals surface area contributed by atoms with Crippen molar-refractivity contribution >= 4 is 34.2 Å². The molecule has 96 valence electrons. The highest BCUT2D eigenvalue weighted by atomic mass is 32.2. The number of carbonyl (C=O) groups excluding carboxylic acids is 1. The van der Waals surface area contributed by atoms with E-state index in [2.05, 4.69) is 24.1 Å². The summed E-state index contributed by atoms with van der Waals surface area (Å²) >= 11 is 6.33. The van der Waals surface area contributed by atoms with Crippen LogP contribution in [-0.2, 0) is 4.79 Å².